The zero-order valence-corrected chi connectivity index (χ0v) is 20.2. The Morgan fingerprint density at radius 1 is 0.513 bits per heavy atom. The van der Waals surface area contributed by atoms with Gasteiger partial charge in [-0.3, -0.25) is 0 Å². The number of nitriles is 2. The van der Waals surface area contributed by atoms with E-state index in [4.69, 9.17) is 41.9 Å². The minimum atomic E-state index is -2.66. The molecule has 196 valence electrons. The van der Waals surface area contributed by atoms with Gasteiger partial charge in [0.25, 0.3) is 0 Å². The largest absolute Gasteiger partial charge is 0.611 e. The van der Waals surface area contributed by atoms with Gasteiger partial charge < -0.3 is 52.1 Å². The van der Waals surface area contributed by atoms with Crippen LogP contribution >= 0.6 is 0 Å². The number of ether oxygens (including phenoxy) is 4. The van der Waals surface area contributed by atoms with Gasteiger partial charge in [-0.1, -0.05) is 0 Å². The molecule has 0 fully saturated rings. The molecule has 0 aliphatic rings. The van der Waals surface area contributed by atoms with Gasteiger partial charge in [-0.05, 0) is 60.7 Å². The van der Waals surface area contributed by atoms with Crippen LogP contribution in [0, 0.1) is 22.7 Å². The quantitative estimate of drug-likeness (QED) is 0.110. The molecule has 10 N–H and O–H groups in total. The second-order valence-electron chi connectivity index (χ2n) is 8.08. The maximum atomic E-state index is 10.1. The summed E-state index contributed by atoms with van der Waals surface area (Å²) in [5.74, 6) is -0.819. The Hall–Kier alpha value is -6.14. The van der Waals surface area contributed by atoms with Crippen molar-refractivity contribution in [2.45, 2.75) is 6.16 Å². The van der Waals surface area contributed by atoms with Crippen molar-refractivity contribution in [1.29, 1.82) is 10.5 Å². The molecule has 0 amide bonds. The Morgan fingerprint density at radius 3 is 1.26 bits per heavy atom. The fourth-order valence-corrected chi connectivity index (χ4v) is 3.31. The number of phenolic OH excluding ortho intramolecular Hbond substituents is 2. The van der Waals surface area contributed by atoms with Crippen molar-refractivity contribution < 1.29 is 29.2 Å². The van der Waals surface area contributed by atoms with E-state index in [9.17, 15) is 20.7 Å². The number of nitrogen functional groups attached to an aromatic ring is 4. The van der Waals surface area contributed by atoms with Gasteiger partial charge in [0.05, 0.1) is 46.0 Å². The van der Waals surface area contributed by atoms with Crippen LogP contribution in [0.3, 0.4) is 0 Å². The Bertz CT molecular complexity index is 1510. The minimum absolute atomic E-state index is 0.00906. The first kappa shape index (κ1) is 25.9. The highest BCUT2D eigenvalue weighted by Crippen LogP contribution is 2.39. The van der Waals surface area contributed by atoms with Gasteiger partial charge in [0.15, 0.2) is 23.0 Å². The predicted molar refractivity (Wildman–Crippen MR) is 141 cm³/mol. The number of nitrogens with zero attached hydrogens (tertiary/aromatic N) is 2. The normalized spacial score (nSPS) is 10.6. The third kappa shape index (κ3) is 5.82. The van der Waals surface area contributed by atoms with Crippen LogP contribution in [0.5, 0.6) is 34.5 Å². The molecule has 4 aromatic rings. The van der Waals surface area contributed by atoms with Crippen LogP contribution in [0.4, 0.5) is 22.7 Å². The van der Waals surface area contributed by atoms with Crippen LogP contribution in [0.15, 0.2) is 72.8 Å². The maximum Gasteiger partial charge on any atom is 0.611 e. The van der Waals surface area contributed by atoms with Gasteiger partial charge in [-0.25, -0.2) is 0 Å². The first-order valence-electron chi connectivity index (χ1n) is 11.1. The Labute approximate surface area is 222 Å². The molecule has 0 bridgehead atoms. The van der Waals surface area contributed by atoms with Crippen LogP contribution in [0.2, 0.25) is 0 Å². The van der Waals surface area contributed by atoms with Gasteiger partial charge in [-0.2, -0.15) is 10.5 Å². The van der Waals surface area contributed by atoms with Crippen molar-refractivity contribution in [2.24, 2.45) is 0 Å². The second-order valence-corrected chi connectivity index (χ2v) is 8.08. The molecule has 4 rings (SSSR count). The summed E-state index contributed by atoms with van der Waals surface area (Å²) in [5.41, 5.74) is 25.0. The molecule has 12 heteroatoms. The van der Waals surface area contributed by atoms with Crippen molar-refractivity contribution in [3.8, 4) is 46.6 Å². The van der Waals surface area contributed by atoms with Crippen LogP contribution in [-0.4, -0.2) is 16.4 Å². The molecule has 39 heavy (non-hydrogen) atoms. The van der Waals surface area contributed by atoms with E-state index in [1.54, 1.807) is 0 Å². The Kier molecular flexibility index (Phi) is 6.96. The highest BCUT2D eigenvalue weighted by molar-refractivity contribution is 5.60. The fourth-order valence-electron chi connectivity index (χ4n) is 3.31. The van der Waals surface area contributed by atoms with E-state index in [2.05, 4.69) is 0 Å². The van der Waals surface area contributed by atoms with E-state index in [0.29, 0.717) is 0 Å². The molecule has 0 aliphatic heterocycles. The number of hydrogen-bond donors (Lipinski definition) is 6. The van der Waals surface area contributed by atoms with Gasteiger partial charge in [0, 0.05) is 12.1 Å². The lowest BCUT2D eigenvalue weighted by atomic mass is 10.2. The topological polar surface area (TPSA) is 229 Å². The van der Waals surface area contributed by atoms with E-state index in [1.165, 1.54) is 72.8 Å². The average molecular weight is 527 g/mol. The summed E-state index contributed by atoms with van der Waals surface area (Å²) >= 11 is 0. The number of phenols is 2. The van der Waals surface area contributed by atoms with Crippen molar-refractivity contribution in [3.05, 3.63) is 83.9 Å². The highest BCUT2D eigenvalue weighted by Gasteiger charge is 2.46. The van der Waals surface area contributed by atoms with Crippen molar-refractivity contribution in [3.63, 3.8) is 0 Å². The van der Waals surface area contributed by atoms with Gasteiger partial charge in [0.1, 0.15) is 11.5 Å². The monoisotopic (exact) mass is 526 g/mol. The first-order chi connectivity index (χ1) is 18.6. The fraction of sp³-hybridized carbons (Fsp3) is 0.0370. The van der Waals surface area contributed by atoms with Gasteiger partial charge in [-0.15, -0.1) is 0 Å². The van der Waals surface area contributed by atoms with E-state index < -0.39 is 6.16 Å². The summed E-state index contributed by atoms with van der Waals surface area (Å²) in [6.45, 7) is 0. The number of benzene rings is 4. The van der Waals surface area contributed by atoms with Crippen molar-refractivity contribution in [2.75, 3.05) is 22.9 Å². The van der Waals surface area contributed by atoms with Crippen molar-refractivity contribution >= 4 is 22.7 Å². The lowest BCUT2D eigenvalue weighted by Gasteiger charge is -2.33. The molecule has 0 unspecified atom stereocenters. The molecule has 0 radical (unpaired) electrons. The summed E-state index contributed by atoms with van der Waals surface area (Å²) in [6, 6.07) is 20.0. The molecule has 12 nitrogen and oxygen atoms in total. The first-order valence-corrected chi connectivity index (χ1v) is 11.1. The van der Waals surface area contributed by atoms with Gasteiger partial charge >= 0.3 is 6.16 Å². The second kappa shape index (κ2) is 10.5. The molecular weight excluding hydrogens is 504 g/mol. The molecule has 0 heterocycles. The van der Waals surface area contributed by atoms with E-state index >= 15 is 0 Å². The summed E-state index contributed by atoms with van der Waals surface area (Å²) < 4.78 is 24.1. The van der Waals surface area contributed by atoms with Crippen LogP contribution in [0.25, 0.3) is 0 Å². The lowest BCUT2D eigenvalue weighted by molar-refractivity contribution is -0.366. The number of anilines is 4. The SMILES string of the molecule is N#Cc1ccc(OC(Oc2ccc(C#N)cc2N)(Oc2cc(O)ccc2N)Oc2cc(O)ccc2N)c(N)c1. The van der Waals surface area contributed by atoms with E-state index in [0.717, 1.165) is 0 Å². The zero-order valence-electron chi connectivity index (χ0n) is 20.2. The molecule has 0 spiro atoms. The Balaban J connectivity index is 1.92. The minimum Gasteiger partial charge on any atom is -0.508 e. The number of hydrogen-bond acceptors (Lipinski definition) is 12. The molecule has 0 saturated carbocycles. The van der Waals surface area contributed by atoms with E-state index in [-0.39, 0.29) is 68.4 Å². The molecule has 0 atom stereocenters. The highest BCUT2D eigenvalue weighted by atomic mass is 17.0. The smallest absolute Gasteiger partial charge is 0.508 e. The predicted octanol–water partition coefficient (Wildman–Crippen LogP) is 3.40. The third-order valence-electron chi connectivity index (χ3n) is 5.21. The number of rotatable bonds is 8. The molecule has 0 aliphatic carbocycles. The molecule has 4 aromatic carbocycles. The standard InChI is InChI=1S/C27H22N6O6/c28-13-15-1-7-23(21(32)9-15)36-27(38-25-11-17(34)3-5-19(25)30,39-26-12-18(35)4-6-20(26)31)37-24-8-2-16(14-29)10-22(24)33/h1-12,34-35H,30-33H2. The van der Waals surface area contributed by atoms with Crippen LogP contribution in [0.1, 0.15) is 11.1 Å². The summed E-state index contributed by atoms with van der Waals surface area (Å²) in [5, 5.41) is 38.6. The molecular formula is C27H22N6O6. The van der Waals surface area contributed by atoms with Gasteiger partial charge in [0.2, 0.25) is 0 Å². The number of nitrogens with two attached hydrogens (primary N) is 4. The van der Waals surface area contributed by atoms with E-state index in [1.807, 2.05) is 12.1 Å². The third-order valence-corrected chi connectivity index (χ3v) is 5.21. The lowest BCUT2D eigenvalue weighted by Crippen LogP contribution is -2.54. The summed E-state index contributed by atoms with van der Waals surface area (Å²) in [6.07, 6.45) is -2.66. The Morgan fingerprint density at radius 2 is 0.897 bits per heavy atom. The molecule has 0 aromatic heterocycles. The summed E-state index contributed by atoms with van der Waals surface area (Å²) in [7, 11) is 0. The van der Waals surface area contributed by atoms with Crippen LogP contribution < -0.4 is 41.9 Å². The number of aromatic hydroxyl groups is 2. The average Bonchev–Trinajstić information content (AvgIpc) is 2.90. The van der Waals surface area contributed by atoms with Crippen molar-refractivity contribution in [1.82, 2.24) is 0 Å². The van der Waals surface area contributed by atoms with Crippen LogP contribution in [-0.2, 0) is 0 Å². The molecule has 0 saturated heterocycles. The maximum absolute atomic E-state index is 10.1. The zero-order chi connectivity index (χ0) is 28.2. The summed E-state index contributed by atoms with van der Waals surface area (Å²) in [4.78, 5) is 0.